The van der Waals surface area contributed by atoms with Crippen molar-refractivity contribution in [1.82, 2.24) is 9.97 Å². The number of carbonyl (C=O) groups excluding carboxylic acids is 1. The first-order valence-electron chi connectivity index (χ1n) is 9.81. The van der Waals surface area contributed by atoms with Crippen LogP contribution >= 0.6 is 0 Å². The Morgan fingerprint density at radius 3 is 2.44 bits per heavy atom. The van der Waals surface area contributed by atoms with E-state index in [0.29, 0.717) is 22.5 Å². The van der Waals surface area contributed by atoms with Crippen molar-refractivity contribution in [3.8, 4) is 17.3 Å². The second-order valence-electron chi connectivity index (χ2n) is 7.58. The number of halogens is 1. The number of hydrogen-bond donors (Lipinski definition) is 1. The number of nitriles is 1. The molecule has 10 heteroatoms. The summed E-state index contributed by atoms with van der Waals surface area (Å²) < 4.78 is 38.5. The lowest BCUT2D eigenvalue weighted by atomic mass is 9.97. The number of carbonyl (C=O) groups is 1. The lowest BCUT2D eigenvalue weighted by Crippen LogP contribution is -2.27. The number of aromatic nitrogens is 2. The number of rotatable bonds is 9. The molecule has 0 amide bonds. The fraction of sp³-hybridized carbons (Fsp3) is 0.364. The van der Waals surface area contributed by atoms with Gasteiger partial charge in [-0.3, -0.25) is 4.79 Å². The van der Waals surface area contributed by atoms with Crippen LogP contribution in [0.25, 0.3) is 17.3 Å². The summed E-state index contributed by atoms with van der Waals surface area (Å²) in [4.78, 5) is 21.1. The lowest BCUT2D eigenvalue weighted by molar-refractivity contribution is -0.116. The molecule has 2 rings (SSSR count). The Labute approximate surface area is 187 Å². The Bertz CT molecular complexity index is 1160. The molecule has 1 heterocycles. The van der Waals surface area contributed by atoms with Crippen LogP contribution in [-0.4, -0.2) is 48.7 Å². The van der Waals surface area contributed by atoms with E-state index in [1.807, 2.05) is 13.8 Å². The highest BCUT2D eigenvalue weighted by Gasteiger charge is 2.22. The largest absolute Gasteiger partial charge is 0.392 e. The Morgan fingerprint density at radius 2 is 1.91 bits per heavy atom. The van der Waals surface area contributed by atoms with Crippen LogP contribution in [0.4, 0.5) is 10.3 Å². The van der Waals surface area contributed by atoms with E-state index in [0.717, 1.165) is 10.6 Å². The number of aliphatic hydroxyl groups excluding tert-OH is 1. The van der Waals surface area contributed by atoms with E-state index in [2.05, 4.69) is 9.97 Å². The zero-order valence-corrected chi connectivity index (χ0v) is 19.1. The maximum Gasteiger partial charge on any atom is 0.239 e. The predicted molar refractivity (Wildman–Crippen MR) is 120 cm³/mol. The summed E-state index contributed by atoms with van der Waals surface area (Å²) in [7, 11) is -2.31. The van der Waals surface area contributed by atoms with Crippen molar-refractivity contribution < 1.29 is 22.7 Å². The van der Waals surface area contributed by atoms with Crippen LogP contribution in [0.5, 0.6) is 0 Å². The van der Waals surface area contributed by atoms with Crippen LogP contribution in [0.2, 0.25) is 0 Å². The molecular weight excluding hydrogens is 435 g/mol. The van der Waals surface area contributed by atoms with Crippen LogP contribution in [0.15, 0.2) is 30.3 Å². The standard InChI is InChI=1S/C22H25FN4O4S/c1-14(2)20-19(10-9-17(28)13-18(29)11-12-24)21(15-5-7-16(23)8-6-15)26-22(25-20)27(3)32(4,30)31/h5-10,14,18,29H,11,13H2,1-4H3. The van der Waals surface area contributed by atoms with Gasteiger partial charge in [0.25, 0.3) is 0 Å². The van der Waals surface area contributed by atoms with E-state index in [9.17, 15) is 22.7 Å². The highest BCUT2D eigenvalue weighted by Crippen LogP contribution is 2.31. The Balaban J connectivity index is 2.67. The van der Waals surface area contributed by atoms with Gasteiger partial charge in [-0.25, -0.2) is 27.1 Å². The lowest BCUT2D eigenvalue weighted by Gasteiger charge is -2.20. The molecule has 1 atom stereocenters. The van der Waals surface area contributed by atoms with Crippen molar-refractivity contribution in [2.75, 3.05) is 17.6 Å². The van der Waals surface area contributed by atoms with Crippen molar-refractivity contribution in [1.29, 1.82) is 5.26 Å². The van der Waals surface area contributed by atoms with Gasteiger partial charge in [0.15, 0.2) is 5.78 Å². The summed E-state index contributed by atoms with van der Waals surface area (Å²) in [5.41, 5.74) is 1.80. The highest BCUT2D eigenvalue weighted by atomic mass is 32.2. The van der Waals surface area contributed by atoms with E-state index >= 15 is 0 Å². The Kier molecular flexibility index (Phi) is 8.19. The van der Waals surface area contributed by atoms with Gasteiger partial charge < -0.3 is 5.11 Å². The van der Waals surface area contributed by atoms with E-state index < -0.39 is 27.7 Å². The first-order chi connectivity index (χ1) is 14.9. The van der Waals surface area contributed by atoms with Gasteiger partial charge in [0, 0.05) is 24.6 Å². The first-order valence-corrected chi connectivity index (χ1v) is 11.7. The third-order valence-electron chi connectivity index (χ3n) is 4.61. The molecule has 1 aromatic heterocycles. The van der Waals surface area contributed by atoms with Crippen molar-refractivity contribution >= 4 is 27.8 Å². The van der Waals surface area contributed by atoms with Gasteiger partial charge in [-0.05, 0) is 42.3 Å². The summed E-state index contributed by atoms with van der Waals surface area (Å²) in [5.74, 6) is -1.06. The molecule has 0 aliphatic heterocycles. The molecule has 8 nitrogen and oxygen atoms in total. The van der Waals surface area contributed by atoms with Gasteiger partial charge in [0.05, 0.1) is 36.2 Å². The minimum absolute atomic E-state index is 0.0524. The minimum atomic E-state index is -3.64. The monoisotopic (exact) mass is 460 g/mol. The molecule has 0 saturated carbocycles. The van der Waals surface area contributed by atoms with Crippen LogP contribution < -0.4 is 4.31 Å². The summed E-state index contributed by atoms with van der Waals surface area (Å²) >= 11 is 0. The number of allylic oxidation sites excluding steroid dienone is 1. The molecule has 1 N–H and O–H groups in total. The second-order valence-corrected chi connectivity index (χ2v) is 9.60. The normalized spacial score (nSPS) is 12.7. The predicted octanol–water partition coefficient (Wildman–Crippen LogP) is 3.05. The summed E-state index contributed by atoms with van der Waals surface area (Å²) in [6.07, 6.45) is 2.34. The van der Waals surface area contributed by atoms with Crippen LogP contribution in [0, 0.1) is 17.1 Å². The van der Waals surface area contributed by atoms with E-state index in [-0.39, 0.29) is 24.7 Å². The fourth-order valence-electron chi connectivity index (χ4n) is 2.85. The molecule has 32 heavy (non-hydrogen) atoms. The number of ketones is 1. The maximum atomic E-state index is 13.5. The molecule has 2 aromatic rings. The molecular formula is C22H25FN4O4S. The number of nitrogens with zero attached hydrogens (tertiary/aromatic N) is 4. The van der Waals surface area contributed by atoms with Gasteiger partial charge in [0.2, 0.25) is 16.0 Å². The van der Waals surface area contributed by atoms with E-state index in [1.54, 1.807) is 6.07 Å². The highest BCUT2D eigenvalue weighted by molar-refractivity contribution is 7.92. The zero-order valence-electron chi connectivity index (χ0n) is 18.3. The Hall–Kier alpha value is -3.16. The minimum Gasteiger partial charge on any atom is -0.392 e. The van der Waals surface area contributed by atoms with Crippen molar-refractivity contribution in [3.63, 3.8) is 0 Å². The Morgan fingerprint density at radius 1 is 1.28 bits per heavy atom. The maximum absolute atomic E-state index is 13.5. The molecule has 0 aliphatic carbocycles. The number of aliphatic hydroxyl groups is 1. The quantitative estimate of drug-likeness (QED) is 0.570. The van der Waals surface area contributed by atoms with Crippen LogP contribution in [-0.2, 0) is 14.8 Å². The van der Waals surface area contributed by atoms with Gasteiger partial charge >= 0.3 is 0 Å². The van der Waals surface area contributed by atoms with E-state index in [4.69, 9.17) is 5.26 Å². The van der Waals surface area contributed by atoms with E-state index in [1.165, 1.54) is 43.5 Å². The number of benzene rings is 1. The molecule has 1 aromatic carbocycles. The third-order valence-corrected chi connectivity index (χ3v) is 5.76. The van der Waals surface area contributed by atoms with Crippen molar-refractivity contribution in [2.24, 2.45) is 0 Å². The molecule has 170 valence electrons. The second kappa shape index (κ2) is 10.4. The van der Waals surface area contributed by atoms with Gasteiger partial charge in [-0.1, -0.05) is 13.8 Å². The topological polar surface area (TPSA) is 124 Å². The number of sulfonamides is 1. The van der Waals surface area contributed by atoms with Crippen molar-refractivity contribution in [2.45, 2.75) is 38.7 Å². The van der Waals surface area contributed by atoms with Gasteiger partial charge in [0.1, 0.15) is 5.82 Å². The zero-order chi connectivity index (χ0) is 24.1. The van der Waals surface area contributed by atoms with Gasteiger partial charge in [-0.2, -0.15) is 5.26 Å². The smallest absolute Gasteiger partial charge is 0.239 e. The molecule has 0 radical (unpaired) electrons. The van der Waals surface area contributed by atoms with Crippen LogP contribution in [0.3, 0.4) is 0 Å². The molecule has 1 unspecified atom stereocenters. The average Bonchev–Trinajstić information content (AvgIpc) is 2.71. The molecule has 0 aliphatic rings. The molecule has 0 bridgehead atoms. The van der Waals surface area contributed by atoms with Gasteiger partial charge in [-0.15, -0.1) is 0 Å². The summed E-state index contributed by atoms with van der Waals surface area (Å²) in [6, 6.07) is 7.31. The van der Waals surface area contributed by atoms with Crippen LogP contribution in [0.1, 0.15) is 43.9 Å². The first kappa shape index (κ1) is 25.1. The molecule has 0 saturated heterocycles. The third kappa shape index (κ3) is 6.42. The number of anilines is 1. The summed E-state index contributed by atoms with van der Waals surface area (Å²) in [5, 5.41) is 18.3. The average molecular weight is 461 g/mol. The number of hydrogen-bond acceptors (Lipinski definition) is 7. The summed E-state index contributed by atoms with van der Waals surface area (Å²) in [6.45, 7) is 3.72. The fourth-order valence-corrected chi connectivity index (χ4v) is 3.23. The molecule has 0 fully saturated rings. The SMILES string of the molecule is CC(C)c1nc(N(C)S(C)(=O)=O)nc(-c2ccc(F)cc2)c1C=CC(=O)CC(O)CC#N. The molecule has 0 spiro atoms. The van der Waals surface area contributed by atoms with Crippen molar-refractivity contribution in [3.05, 3.63) is 47.4 Å².